The van der Waals surface area contributed by atoms with Crippen molar-refractivity contribution in [3.8, 4) is 5.75 Å². The molecule has 1 atom stereocenters. The zero-order valence-electron chi connectivity index (χ0n) is 10.6. The average Bonchev–Trinajstić information content (AvgIpc) is 2.33. The van der Waals surface area contributed by atoms with Crippen LogP contribution < -0.4 is 15.8 Å². The molecule has 0 spiro atoms. The molecule has 3 N–H and O–H groups in total. The Kier molecular flexibility index (Phi) is 9.06. The minimum Gasteiger partial charge on any atom is -0.492 e. The molecule has 0 aliphatic rings. The number of nitrogens with two attached hydrogens (primary N) is 1. The Morgan fingerprint density at radius 3 is 2.67 bits per heavy atom. The first-order valence-corrected chi connectivity index (χ1v) is 5.88. The lowest BCUT2D eigenvalue weighted by Gasteiger charge is -2.08. The monoisotopic (exact) mass is 272 g/mol. The Morgan fingerprint density at radius 2 is 2.06 bits per heavy atom. The SMILES string of the molecule is CC(N)CCC(=O)NCCOc1ccccc1.Cl. The standard InChI is InChI=1S/C13H20N2O2.ClH/c1-11(14)7-8-13(16)15-9-10-17-12-5-3-2-4-6-12;/h2-6,11H,7-10,14H2,1H3,(H,15,16);1H. The third-order valence-electron chi connectivity index (χ3n) is 2.26. The van der Waals surface area contributed by atoms with Crippen LogP contribution in [0.1, 0.15) is 19.8 Å². The molecule has 1 unspecified atom stereocenters. The van der Waals surface area contributed by atoms with Gasteiger partial charge in [-0.1, -0.05) is 18.2 Å². The summed E-state index contributed by atoms with van der Waals surface area (Å²) < 4.78 is 5.44. The molecule has 0 bridgehead atoms. The van der Waals surface area contributed by atoms with Gasteiger partial charge in [0.1, 0.15) is 12.4 Å². The van der Waals surface area contributed by atoms with Crippen LogP contribution in [-0.2, 0) is 4.79 Å². The maximum Gasteiger partial charge on any atom is 0.220 e. The Hall–Kier alpha value is -1.26. The lowest BCUT2D eigenvalue weighted by molar-refractivity contribution is -0.121. The molecule has 1 rings (SSSR count). The fourth-order valence-corrected chi connectivity index (χ4v) is 1.32. The van der Waals surface area contributed by atoms with Gasteiger partial charge in [-0.15, -0.1) is 12.4 Å². The fraction of sp³-hybridized carbons (Fsp3) is 0.462. The highest BCUT2D eigenvalue weighted by atomic mass is 35.5. The number of hydrogen-bond donors (Lipinski definition) is 2. The number of para-hydroxylation sites is 1. The highest BCUT2D eigenvalue weighted by Gasteiger charge is 2.02. The molecular formula is C13H21ClN2O2. The molecule has 1 aromatic carbocycles. The minimum absolute atomic E-state index is 0. The second-order valence-electron chi connectivity index (χ2n) is 4.03. The lowest BCUT2D eigenvalue weighted by atomic mass is 10.2. The highest BCUT2D eigenvalue weighted by molar-refractivity contribution is 5.85. The van der Waals surface area contributed by atoms with Gasteiger partial charge in [-0.05, 0) is 25.5 Å². The van der Waals surface area contributed by atoms with Crippen LogP contribution >= 0.6 is 12.4 Å². The first kappa shape index (κ1) is 16.7. The van der Waals surface area contributed by atoms with Crippen molar-refractivity contribution in [2.75, 3.05) is 13.2 Å². The summed E-state index contributed by atoms with van der Waals surface area (Å²) in [5.74, 6) is 0.844. The van der Waals surface area contributed by atoms with Crippen molar-refractivity contribution >= 4 is 18.3 Å². The number of rotatable bonds is 7. The molecule has 0 fully saturated rings. The van der Waals surface area contributed by atoms with E-state index in [1.54, 1.807) is 0 Å². The molecule has 0 aliphatic heterocycles. The molecule has 0 saturated heterocycles. The third-order valence-corrected chi connectivity index (χ3v) is 2.26. The molecule has 102 valence electrons. The van der Waals surface area contributed by atoms with E-state index in [-0.39, 0.29) is 24.4 Å². The number of amides is 1. The Labute approximate surface area is 114 Å². The number of carbonyl (C=O) groups is 1. The normalized spacial score (nSPS) is 11.2. The van der Waals surface area contributed by atoms with Gasteiger partial charge in [0.2, 0.25) is 5.91 Å². The van der Waals surface area contributed by atoms with Gasteiger partial charge in [0.05, 0.1) is 6.54 Å². The Morgan fingerprint density at radius 1 is 1.39 bits per heavy atom. The van der Waals surface area contributed by atoms with E-state index < -0.39 is 0 Å². The van der Waals surface area contributed by atoms with Gasteiger partial charge in [-0.3, -0.25) is 4.79 Å². The molecule has 0 aromatic heterocycles. The summed E-state index contributed by atoms with van der Waals surface area (Å²) in [6.07, 6.45) is 1.19. The number of hydrogen-bond acceptors (Lipinski definition) is 3. The van der Waals surface area contributed by atoms with Crippen molar-refractivity contribution in [3.63, 3.8) is 0 Å². The second kappa shape index (κ2) is 9.74. The minimum atomic E-state index is 0. The van der Waals surface area contributed by atoms with Crippen LogP contribution in [-0.4, -0.2) is 25.1 Å². The van der Waals surface area contributed by atoms with E-state index in [4.69, 9.17) is 10.5 Å². The fourth-order valence-electron chi connectivity index (χ4n) is 1.32. The lowest BCUT2D eigenvalue weighted by Crippen LogP contribution is -2.29. The highest BCUT2D eigenvalue weighted by Crippen LogP contribution is 2.07. The van der Waals surface area contributed by atoms with E-state index in [1.165, 1.54) is 0 Å². The van der Waals surface area contributed by atoms with Crippen molar-refractivity contribution in [2.24, 2.45) is 5.73 Å². The Bertz CT molecular complexity index is 331. The summed E-state index contributed by atoms with van der Waals surface area (Å²) in [7, 11) is 0. The predicted molar refractivity (Wildman–Crippen MR) is 75.1 cm³/mol. The van der Waals surface area contributed by atoms with E-state index in [1.807, 2.05) is 37.3 Å². The molecule has 0 radical (unpaired) electrons. The number of carbonyl (C=O) groups excluding carboxylic acids is 1. The van der Waals surface area contributed by atoms with Crippen LogP contribution in [0.15, 0.2) is 30.3 Å². The van der Waals surface area contributed by atoms with E-state index >= 15 is 0 Å². The molecule has 0 aliphatic carbocycles. The average molecular weight is 273 g/mol. The van der Waals surface area contributed by atoms with Crippen LogP contribution in [0.4, 0.5) is 0 Å². The van der Waals surface area contributed by atoms with Gasteiger partial charge < -0.3 is 15.8 Å². The first-order valence-electron chi connectivity index (χ1n) is 5.88. The third kappa shape index (κ3) is 7.92. The summed E-state index contributed by atoms with van der Waals surface area (Å²) in [6, 6.07) is 9.60. The molecule has 1 amide bonds. The van der Waals surface area contributed by atoms with Crippen molar-refractivity contribution in [2.45, 2.75) is 25.8 Å². The van der Waals surface area contributed by atoms with Crippen LogP contribution in [0.3, 0.4) is 0 Å². The first-order chi connectivity index (χ1) is 8.18. The number of nitrogens with one attached hydrogen (secondary N) is 1. The maximum atomic E-state index is 11.3. The quantitative estimate of drug-likeness (QED) is 0.743. The molecule has 0 saturated carbocycles. The van der Waals surface area contributed by atoms with E-state index in [9.17, 15) is 4.79 Å². The zero-order chi connectivity index (χ0) is 12.5. The summed E-state index contributed by atoms with van der Waals surface area (Å²) >= 11 is 0. The van der Waals surface area contributed by atoms with Crippen LogP contribution in [0, 0.1) is 0 Å². The van der Waals surface area contributed by atoms with Gasteiger partial charge in [0, 0.05) is 12.5 Å². The van der Waals surface area contributed by atoms with E-state index in [0.29, 0.717) is 26.0 Å². The van der Waals surface area contributed by atoms with Crippen molar-refractivity contribution in [1.82, 2.24) is 5.32 Å². The van der Waals surface area contributed by atoms with Gasteiger partial charge in [0.25, 0.3) is 0 Å². The summed E-state index contributed by atoms with van der Waals surface area (Å²) in [5.41, 5.74) is 5.57. The summed E-state index contributed by atoms with van der Waals surface area (Å²) in [5, 5.41) is 2.79. The number of halogens is 1. The van der Waals surface area contributed by atoms with Crippen molar-refractivity contribution in [1.29, 1.82) is 0 Å². The Balaban J connectivity index is 0.00000289. The maximum absolute atomic E-state index is 11.3. The van der Waals surface area contributed by atoms with Gasteiger partial charge >= 0.3 is 0 Å². The van der Waals surface area contributed by atoms with Crippen LogP contribution in [0.25, 0.3) is 0 Å². The molecule has 0 heterocycles. The summed E-state index contributed by atoms with van der Waals surface area (Å²) in [6.45, 7) is 2.90. The summed E-state index contributed by atoms with van der Waals surface area (Å²) in [4.78, 5) is 11.3. The zero-order valence-corrected chi connectivity index (χ0v) is 11.4. The van der Waals surface area contributed by atoms with E-state index in [2.05, 4.69) is 5.32 Å². The van der Waals surface area contributed by atoms with Gasteiger partial charge in [-0.25, -0.2) is 0 Å². The molecule has 5 heteroatoms. The predicted octanol–water partition coefficient (Wildman–Crippen LogP) is 1.73. The molecule has 4 nitrogen and oxygen atoms in total. The van der Waals surface area contributed by atoms with Crippen molar-refractivity contribution in [3.05, 3.63) is 30.3 Å². The number of benzene rings is 1. The number of ether oxygens (including phenoxy) is 1. The van der Waals surface area contributed by atoms with Gasteiger partial charge in [-0.2, -0.15) is 0 Å². The van der Waals surface area contributed by atoms with E-state index in [0.717, 1.165) is 5.75 Å². The second-order valence-corrected chi connectivity index (χ2v) is 4.03. The van der Waals surface area contributed by atoms with Gasteiger partial charge in [0.15, 0.2) is 0 Å². The molecular weight excluding hydrogens is 252 g/mol. The smallest absolute Gasteiger partial charge is 0.220 e. The largest absolute Gasteiger partial charge is 0.492 e. The van der Waals surface area contributed by atoms with Crippen LogP contribution in [0.5, 0.6) is 5.75 Å². The van der Waals surface area contributed by atoms with Crippen LogP contribution in [0.2, 0.25) is 0 Å². The molecule has 18 heavy (non-hydrogen) atoms. The molecule has 1 aromatic rings. The topological polar surface area (TPSA) is 64.4 Å². The van der Waals surface area contributed by atoms with Crippen molar-refractivity contribution < 1.29 is 9.53 Å².